The second kappa shape index (κ2) is 5.70. The van der Waals surface area contributed by atoms with Gasteiger partial charge in [-0.2, -0.15) is 5.26 Å². The maximum absolute atomic E-state index is 12.7. The Hall–Kier alpha value is -0.290. The maximum atomic E-state index is 12.7. The van der Waals surface area contributed by atoms with Crippen molar-refractivity contribution in [2.75, 3.05) is 0 Å². The maximum Gasteiger partial charge on any atom is 0.266 e. The van der Waals surface area contributed by atoms with Crippen LogP contribution in [0.2, 0.25) is 0 Å². The van der Waals surface area contributed by atoms with Gasteiger partial charge in [-0.25, -0.2) is 8.78 Å². The normalized spacial score (nSPS) is 10.4. The van der Waals surface area contributed by atoms with E-state index in [2.05, 4.69) is 20.9 Å². The number of aromatic nitrogens is 1. The van der Waals surface area contributed by atoms with Gasteiger partial charge in [0.05, 0.1) is 29.4 Å². The van der Waals surface area contributed by atoms with Crippen LogP contribution in [0.15, 0.2) is 6.07 Å². The van der Waals surface area contributed by atoms with Crippen LogP contribution >= 0.6 is 38.5 Å². The summed E-state index contributed by atoms with van der Waals surface area (Å²) in [6, 6.07) is 3.47. The van der Waals surface area contributed by atoms with Gasteiger partial charge < -0.3 is 0 Å². The second-order valence-corrected chi connectivity index (χ2v) is 4.45. The minimum atomic E-state index is -2.53. The van der Waals surface area contributed by atoms with E-state index < -0.39 is 6.43 Å². The van der Waals surface area contributed by atoms with Crippen molar-refractivity contribution in [3.05, 3.63) is 26.6 Å². The smallest absolute Gasteiger partial charge is 0.255 e. The van der Waals surface area contributed by atoms with Crippen LogP contribution in [0, 0.1) is 14.9 Å². The largest absolute Gasteiger partial charge is 0.266 e. The van der Waals surface area contributed by atoms with Gasteiger partial charge in [0, 0.05) is 8.90 Å². The highest BCUT2D eigenvalue weighted by atomic mass is 127. The highest BCUT2D eigenvalue weighted by molar-refractivity contribution is 14.1. The van der Waals surface area contributed by atoms with Gasteiger partial charge in [0.25, 0.3) is 6.43 Å². The number of alkyl halides is 3. The van der Waals surface area contributed by atoms with Gasteiger partial charge in [0.15, 0.2) is 0 Å². The zero-order chi connectivity index (χ0) is 11.4. The molecule has 0 amide bonds. The quantitative estimate of drug-likeness (QED) is 0.588. The minimum absolute atomic E-state index is 0.0471. The van der Waals surface area contributed by atoms with Crippen LogP contribution in [0.25, 0.3) is 0 Å². The van der Waals surface area contributed by atoms with E-state index in [-0.39, 0.29) is 17.3 Å². The van der Waals surface area contributed by atoms with Crippen LogP contribution in [-0.4, -0.2) is 4.98 Å². The predicted molar refractivity (Wildman–Crippen MR) is 63.9 cm³/mol. The van der Waals surface area contributed by atoms with Crippen LogP contribution in [0.4, 0.5) is 8.78 Å². The van der Waals surface area contributed by atoms with Gasteiger partial charge in [-0.1, -0.05) is 15.9 Å². The first-order chi connectivity index (χ1) is 7.10. The van der Waals surface area contributed by atoms with Gasteiger partial charge in [0.1, 0.15) is 0 Å². The summed E-state index contributed by atoms with van der Waals surface area (Å²) in [5.41, 5.74) is 0.789. The van der Waals surface area contributed by atoms with Crippen molar-refractivity contribution in [1.29, 1.82) is 5.26 Å². The Morgan fingerprint density at radius 3 is 2.73 bits per heavy atom. The molecular weight excluding hydrogens is 381 g/mol. The standard InChI is InChI=1S/C9H6BrF2IN2/c10-4-7-8(9(11)12)6(13)3-5(15-7)1-2-14/h3,9H,1,4H2. The van der Waals surface area contributed by atoms with E-state index in [0.29, 0.717) is 15.0 Å². The molecule has 0 fully saturated rings. The molecule has 0 aromatic carbocycles. The molecule has 0 bridgehead atoms. The van der Waals surface area contributed by atoms with Gasteiger partial charge in [-0.15, -0.1) is 0 Å². The average molecular weight is 387 g/mol. The first-order valence-corrected chi connectivity index (χ1v) is 6.19. The van der Waals surface area contributed by atoms with Crippen molar-refractivity contribution < 1.29 is 8.78 Å². The fourth-order valence-electron chi connectivity index (χ4n) is 1.13. The van der Waals surface area contributed by atoms with Crippen molar-refractivity contribution in [3.63, 3.8) is 0 Å². The topological polar surface area (TPSA) is 36.7 Å². The van der Waals surface area contributed by atoms with E-state index in [0.717, 1.165) is 0 Å². The monoisotopic (exact) mass is 386 g/mol. The van der Waals surface area contributed by atoms with E-state index in [1.807, 2.05) is 28.7 Å². The Kier molecular flexibility index (Phi) is 4.86. The zero-order valence-electron chi connectivity index (χ0n) is 7.48. The molecule has 0 N–H and O–H groups in total. The Morgan fingerprint density at radius 1 is 1.60 bits per heavy atom. The lowest BCUT2D eigenvalue weighted by Gasteiger charge is -2.09. The number of hydrogen-bond donors (Lipinski definition) is 0. The molecule has 0 aliphatic rings. The van der Waals surface area contributed by atoms with Gasteiger partial charge in [-0.3, -0.25) is 4.98 Å². The molecule has 2 nitrogen and oxygen atoms in total. The van der Waals surface area contributed by atoms with Crippen LogP contribution in [0.5, 0.6) is 0 Å². The lowest BCUT2D eigenvalue weighted by Crippen LogP contribution is -2.03. The van der Waals surface area contributed by atoms with Crippen LogP contribution in [-0.2, 0) is 11.8 Å². The fraction of sp³-hybridized carbons (Fsp3) is 0.333. The van der Waals surface area contributed by atoms with Crippen molar-refractivity contribution in [3.8, 4) is 6.07 Å². The lowest BCUT2D eigenvalue weighted by atomic mass is 10.1. The molecule has 80 valence electrons. The lowest BCUT2D eigenvalue weighted by molar-refractivity contribution is 0.149. The van der Waals surface area contributed by atoms with Crippen molar-refractivity contribution in [2.45, 2.75) is 18.2 Å². The molecule has 0 atom stereocenters. The SMILES string of the molecule is N#CCc1cc(I)c(C(F)F)c(CBr)n1. The van der Waals surface area contributed by atoms with Crippen molar-refractivity contribution >= 4 is 38.5 Å². The Labute approximate surface area is 108 Å². The number of pyridine rings is 1. The molecule has 1 aromatic rings. The molecule has 0 unspecified atom stereocenters. The molecule has 1 rings (SSSR count). The first kappa shape index (κ1) is 12.8. The van der Waals surface area contributed by atoms with Gasteiger partial charge in [0.2, 0.25) is 0 Å². The summed E-state index contributed by atoms with van der Waals surface area (Å²) >= 11 is 4.95. The molecule has 0 spiro atoms. The van der Waals surface area contributed by atoms with E-state index in [1.165, 1.54) is 6.07 Å². The molecule has 0 saturated heterocycles. The van der Waals surface area contributed by atoms with Crippen LogP contribution < -0.4 is 0 Å². The van der Waals surface area contributed by atoms with E-state index in [1.54, 1.807) is 0 Å². The van der Waals surface area contributed by atoms with Crippen LogP contribution in [0.1, 0.15) is 23.4 Å². The molecule has 0 aliphatic carbocycles. The second-order valence-electron chi connectivity index (χ2n) is 2.73. The fourth-order valence-corrected chi connectivity index (χ4v) is 2.46. The minimum Gasteiger partial charge on any atom is -0.255 e. The third kappa shape index (κ3) is 3.08. The summed E-state index contributed by atoms with van der Waals surface area (Å²) in [6.45, 7) is 0. The molecule has 0 aliphatic heterocycles. The van der Waals surface area contributed by atoms with E-state index >= 15 is 0 Å². The first-order valence-electron chi connectivity index (χ1n) is 3.99. The predicted octanol–water partition coefficient (Wildman–Crippen LogP) is 3.58. The number of hydrogen-bond acceptors (Lipinski definition) is 2. The Balaban J connectivity index is 3.25. The zero-order valence-corrected chi connectivity index (χ0v) is 11.2. The molecule has 1 aromatic heterocycles. The van der Waals surface area contributed by atoms with Gasteiger partial charge >= 0.3 is 0 Å². The summed E-state index contributed by atoms with van der Waals surface area (Å²) < 4.78 is 25.8. The van der Waals surface area contributed by atoms with Crippen LogP contribution in [0.3, 0.4) is 0 Å². The summed E-state index contributed by atoms with van der Waals surface area (Å²) in [5.74, 6) is 0. The van der Waals surface area contributed by atoms with E-state index in [4.69, 9.17) is 5.26 Å². The third-order valence-electron chi connectivity index (χ3n) is 1.75. The highest BCUT2D eigenvalue weighted by Gasteiger charge is 2.18. The summed E-state index contributed by atoms with van der Waals surface area (Å²) in [5, 5.41) is 8.77. The molecule has 6 heteroatoms. The number of nitriles is 1. The van der Waals surface area contributed by atoms with Gasteiger partial charge in [-0.05, 0) is 28.7 Å². The van der Waals surface area contributed by atoms with E-state index in [9.17, 15) is 8.78 Å². The average Bonchev–Trinajstić information content (AvgIpc) is 2.16. The number of nitrogens with zero attached hydrogens (tertiary/aromatic N) is 2. The van der Waals surface area contributed by atoms with Crippen molar-refractivity contribution in [1.82, 2.24) is 4.98 Å². The summed E-state index contributed by atoms with van der Waals surface area (Å²) in [7, 11) is 0. The summed E-state index contributed by atoms with van der Waals surface area (Å²) in [6.07, 6.45) is -2.40. The molecule has 0 saturated carbocycles. The Bertz CT molecular complexity index is 404. The molecule has 0 radical (unpaired) electrons. The molecule has 1 heterocycles. The molecule has 15 heavy (non-hydrogen) atoms. The molecular formula is C9H6BrF2IN2. The third-order valence-corrected chi connectivity index (χ3v) is 3.17. The van der Waals surface area contributed by atoms with Crippen molar-refractivity contribution in [2.24, 2.45) is 0 Å². The summed E-state index contributed by atoms with van der Waals surface area (Å²) in [4.78, 5) is 4.01. The number of halogens is 4. The highest BCUT2D eigenvalue weighted by Crippen LogP contribution is 2.28. The Morgan fingerprint density at radius 2 is 2.27 bits per heavy atom. The number of rotatable bonds is 3.